The molecule has 0 aromatic heterocycles. The average molecular weight is 375 g/mol. The molecule has 2 saturated heterocycles. The first-order chi connectivity index (χ1) is 11.6. The van der Waals surface area contributed by atoms with Crippen molar-refractivity contribution in [2.24, 2.45) is 0 Å². The standard InChI is InChI=1S/C18H30O4S2/c1-3-15-18(20-9-10-21-18)8-5-4-7-17(2,22-15)14(19)13-16-23-11-6-12-24-16/h4-5,14-16,19H,3,6-13H2,1-2H3/b5-4-/t14?,15-,17-/m1/s1. The van der Waals surface area contributed by atoms with E-state index in [1.807, 2.05) is 30.4 Å². The molecule has 24 heavy (non-hydrogen) atoms. The first-order valence-corrected chi connectivity index (χ1v) is 11.2. The van der Waals surface area contributed by atoms with Crippen molar-refractivity contribution in [1.29, 1.82) is 0 Å². The van der Waals surface area contributed by atoms with Gasteiger partial charge in [-0.3, -0.25) is 0 Å². The van der Waals surface area contributed by atoms with Crippen LogP contribution in [-0.4, -0.2) is 58.0 Å². The molecule has 0 radical (unpaired) electrons. The van der Waals surface area contributed by atoms with Crippen LogP contribution in [0.3, 0.4) is 0 Å². The van der Waals surface area contributed by atoms with E-state index < -0.39 is 17.5 Å². The second-order valence-corrected chi connectivity index (χ2v) is 9.91. The highest BCUT2D eigenvalue weighted by Gasteiger charge is 2.49. The van der Waals surface area contributed by atoms with E-state index in [1.165, 1.54) is 17.9 Å². The Morgan fingerprint density at radius 3 is 2.50 bits per heavy atom. The van der Waals surface area contributed by atoms with E-state index in [1.54, 1.807) is 0 Å². The Morgan fingerprint density at radius 2 is 1.83 bits per heavy atom. The third-order valence-corrected chi connectivity index (χ3v) is 8.15. The van der Waals surface area contributed by atoms with Crippen molar-refractivity contribution >= 4 is 23.5 Å². The topological polar surface area (TPSA) is 47.9 Å². The molecule has 138 valence electrons. The van der Waals surface area contributed by atoms with Gasteiger partial charge in [0.05, 0.1) is 29.5 Å². The zero-order chi connectivity index (χ0) is 17.0. The highest BCUT2D eigenvalue weighted by atomic mass is 32.2. The maximum absolute atomic E-state index is 11.0. The minimum atomic E-state index is -0.680. The molecule has 0 aromatic rings. The third-order valence-electron chi connectivity index (χ3n) is 5.16. The summed E-state index contributed by atoms with van der Waals surface area (Å²) >= 11 is 3.94. The molecule has 3 atom stereocenters. The molecule has 1 N–H and O–H groups in total. The number of aliphatic hydroxyl groups is 1. The van der Waals surface area contributed by atoms with Gasteiger partial charge >= 0.3 is 0 Å². The third kappa shape index (κ3) is 4.15. The fourth-order valence-electron chi connectivity index (χ4n) is 3.65. The Kier molecular flexibility index (Phi) is 6.60. The molecule has 0 amide bonds. The van der Waals surface area contributed by atoms with Gasteiger partial charge in [-0.05, 0) is 44.1 Å². The van der Waals surface area contributed by atoms with Crippen molar-refractivity contribution < 1.29 is 19.3 Å². The molecule has 3 aliphatic rings. The number of hydrogen-bond acceptors (Lipinski definition) is 6. The van der Waals surface area contributed by atoms with Crippen LogP contribution in [0.1, 0.15) is 46.0 Å². The van der Waals surface area contributed by atoms with Gasteiger partial charge in [0.15, 0.2) is 5.79 Å². The van der Waals surface area contributed by atoms with Crippen LogP contribution in [0.2, 0.25) is 0 Å². The minimum absolute atomic E-state index is 0.156. The second-order valence-electron chi connectivity index (χ2n) is 6.99. The Labute approximate surface area is 154 Å². The van der Waals surface area contributed by atoms with Crippen LogP contribution < -0.4 is 0 Å². The number of hydrogen-bond donors (Lipinski definition) is 1. The van der Waals surface area contributed by atoms with Crippen LogP contribution in [-0.2, 0) is 14.2 Å². The lowest BCUT2D eigenvalue weighted by molar-refractivity contribution is -0.272. The van der Waals surface area contributed by atoms with Crippen molar-refractivity contribution in [3.8, 4) is 0 Å². The van der Waals surface area contributed by atoms with E-state index in [2.05, 4.69) is 19.1 Å². The highest BCUT2D eigenvalue weighted by Crippen LogP contribution is 2.41. The van der Waals surface area contributed by atoms with Gasteiger partial charge in [0.2, 0.25) is 0 Å². The summed E-state index contributed by atoms with van der Waals surface area (Å²) in [6.07, 6.45) is 7.89. The maximum Gasteiger partial charge on any atom is 0.198 e. The summed E-state index contributed by atoms with van der Waals surface area (Å²) < 4.78 is 18.9. The molecule has 0 aromatic carbocycles. The van der Waals surface area contributed by atoms with Crippen LogP contribution in [0, 0.1) is 0 Å². The van der Waals surface area contributed by atoms with Gasteiger partial charge in [0.25, 0.3) is 0 Å². The van der Waals surface area contributed by atoms with Crippen molar-refractivity contribution in [3.63, 3.8) is 0 Å². The van der Waals surface area contributed by atoms with E-state index in [0.717, 1.165) is 19.3 Å². The number of ether oxygens (including phenoxy) is 3. The SMILES string of the molecule is CC[C@H]1O[C@@](C)(C(O)CC2SCCCS2)C/C=C\CC12OCCO2. The number of rotatable bonds is 4. The Morgan fingerprint density at radius 1 is 1.17 bits per heavy atom. The van der Waals surface area contributed by atoms with Crippen molar-refractivity contribution in [2.75, 3.05) is 24.7 Å². The smallest absolute Gasteiger partial charge is 0.198 e. The average Bonchev–Trinajstić information content (AvgIpc) is 3.06. The first kappa shape index (κ1) is 19.1. The fourth-order valence-corrected chi connectivity index (χ4v) is 6.58. The van der Waals surface area contributed by atoms with Gasteiger partial charge in [-0.25, -0.2) is 0 Å². The predicted octanol–water partition coefficient (Wildman–Crippen LogP) is 3.58. The van der Waals surface area contributed by atoms with E-state index in [9.17, 15) is 5.11 Å². The highest BCUT2D eigenvalue weighted by molar-refractivity contribution is 8.17. The Balaban J connectivity index is 1.72. The lowest BCUT2D eigenvalue weighted by Crippen LogP contribution is -2.53. The number of thioether (sulfide) groups is 2. The van der Waals surface area contributed by atoms with Crippen LogP contribution in [0.15, 0.2) is 12.2 Å². The van der Waals surface area contributed by atoms with Gasteiger partial charge < -0.3 is 19.3 Å². The molecular weight excluding hydrogens is 344 g/mol. The van der Waals surface area contributed by atoms with Crippen LogP contribution >= 0.6 is 23.5 Å². The monoisotopic (exact) mass is 374 g/mol. The summed E-state index contributed by atoms with van der Waals surface area (Å²) in [5, 5.41) is 11.0. The predicted molar refractivity (Wildman–Crippen MR) is 101 cm³/mol. The lowest BCUT2D eigenvalue weighted by Gasteiger charge is -2.44. The lowest BCUT2D eigenvalue weighted by atomic mass is 9.89. The molecule has 1 unspecified atom stereocenters. The zero-order valence-corrected chi connectivity index (χ0v) is 16.4. The molecule has 0 saturated carbocycles. The first-order valence-electron chi connectivity index (χ1n) is 9.10. The van der Waals surface area contributed by atoms with Crippen molar-refractivity contribution in [2.45, 2.75) is 74.1 Å². The van der Waals surface area contributed by atoms with Gasteiger partial charge in [-0.2, -0.15) is 0 Å². The van der Waals surface area contributed by atoms with Gasteiger partial charge in [0.1, 0.15) is 6.10 Å². The van der Waals surface area contributed by atoms with Gasteiger partial charge in [-0.1, -0.05) is 19.1 Å². The molecular formula is C18H30O4S2. The minimum Gasteiger partial charge on any atom is -0.390 e. The Bertz CT molecular complexity index is 433. The molecule has 3 heterocycles. The van der Waals surface area contributed by atoms with Gasteiger partial charge in [-0.15, -0.1) is 23.5 Å². The maximum atomic E-state index is 11.0. The molecule has 2 fully saturated rings. The van der Waals surface area contributed by atoms with Gasteiger partial charge in [0, 0.05) is 6.42 Å². The number of aliphatic hydroxyl groups excluding tert-OH is 1. The zero-order valence-electron chi connectivity index (χ0n) is 14.7. The fraction of sp³-hybridized carbons (Fsp3) is 0.889. The summed E-state index contributed by atoms with van der Waals surface area (Å²) in [7, 11) is 0. The van der Waals surface area contributed by atoms with Crippen LogP contribution in [0.25, 0.3) is 0 Å². The Hall–Kier alpha value is 0.280. The normalized spacial score (nSPS) is 37.0. The molecule has 0 aliphatic carbocycles. The van der Waals surface area contributed by atoms with E-state index in [4.69, 9.17) is 14.2 Å². The summed E-state index contributed by atoms with van der Waals surface area (Å²) in [6.45, 7) is 5.36. The van der Waals surface area contributed by atoms with E-state index >= 15 is 0 Å². The molecule has 3 aliphatic heterocycles. The summed E-state index contributed by atoms with van der Waals surface area (Å²) in [5.74, 6) is 1.72. The van der Waals surface area contributed by atoms with E-state index in [-0.39, 0.29) is 6.10 Å². The van der Waals surface area contributed by atoms with E-state index in [0.29, 0.717) is 24.2 Å². The quantitative estimate of drug-likeness (QED) is 0.759. The molecule has 4 nitrogen and oxygen atoms in total. The van der Waals surface area contributed by atoms with Crippen LogP contribution in [0.5, 0.6) is 0 Å². The summed E-state index contributed by atoms with van der Waals surface area (Å²) in [4.78, 5) is 0. The molecule has 3 rings (SSSR count). The summed E-state index contributed by atoms with van der Waals surface area (Å²) in [6, 6.07) is 0. The van der Waals surface area contributed by atoms with Crippen molar-refractivity contribution in [3.05, 3.63) is 12.2 Å². The largest absolute Gasteiger partial charge is 0.390 e. The second kappa shape index (κ2) is 8.31. The molecule has 0 bridgehead atoms. The van der Waals surface area contributed by atoms with Crippen LogP contribution in [0.4, 0.5) is 0 Å². The molecule has 1 spiro atoms. The molecule has 6 heteroatoms. The summed E-state index contributed by atoms with van der Waals surface area (Å²) in [5.41, 5.74) is -0.599. The van der Waals surface area contributed by atoms with Crippen molar-refractivity contribution in [1.82, 2.24) is 0 Å².